The van der Waals surface area contributed by atoms with Gasteiger partial charge in [-0.2, -0.15) is 0 Å². The molecule has 0 atom stereocenters. The molecule has 1 aromatic carbocycles. The van der Waals surface area contributed by atoms with Crippen molar-refractivity contribution in [3.05, 3.63) is 35.4 Å². The lowest BCUT2D eigenvalue weighted by Gasteiger charge is -2.20. The van der Waals surface area contributed by atoms with Gasteiger partial charge in [-0.15, -0.1) is 0 Å². The first-order chi connectivity index (χ1) is 7.65. The van der Waals surface area contributed by atoms with Crippen LogP contribution in [0.2, 0.25) is 0 Å². The van der Waals surface area contributed by atoms with Crippen LogP contribution in [0.25, 0.3) is 0 Å². The Labute approximate surface area is 102 Å². The van der Waals surface area contributed by atoms with Crippen molar-refractivity contribution in [2.24, 2.45) is 0 Å². The largest absolute Gasteiger partial charge is 0.465 e. The third-order valence-electron chi connectivity index (χ3n) is 2.31. The molecule has 0 spiro atoms. The molecule has 4 nitrogen and oxygen atoms in total. The van der Waals surface area contributed by atoms with E-state index in [0.29, 0.717) is 18.8 Å². The van der Waals surface area contributed by atoms with Crippen LogP contribution in [0.3, 0.4) is 0 Å². The first-order valence-electron chi connectivity index (χ1n) is 4.81. The number of methoxy groups -OCH3 is 1. The van der Waals surface area contributed by atoms with E-state index in [0.717, 1.165) is 5.56 Å². The lowest BCUT2D eigenvalue weighted by Crippen LogP contribution is -2.18. The molecule has 0 aromatic heterocycles. The third-order valence-corrected chi connectivity index (χ3v) is 3.23. The van der Waals surface area contributed by atoms with Gasteiger partial charge in [-0.05, 0) is 28.1 Å². The molecule has 0 bridgehead atoms. The number of benzene rings is 1. The fourth-order valence-electron chi connectivity index (χ4n) is 1.48. The highest BCUT2D eigenvalue weighted by atomic mass is 79.9. The van der Waals surface area contributed by atoms with E-state index in [4.69, 9.17) is 9.47 Å². The van der Waals surface area contributed by atoms with Crippen molar-refractivity contribution < 1.29 is 19.0 Å². The number of carbonyl (C=O) groups excluding carboxylic acids is 1. The summed E-state index contributed by atoms with van der Waals surface area (Å²) in [7, 11) is 1.35. The van der Waals surface area contributed by atoms with Gasteiger partial charge in [0.2, 0.25) is 0 Å². The van der Waals surface area contributed by atoms with Crippen molar-refractivity contribution in [1.82, 2.24) is 0 Å². The number of carbonyl (C=O) groups is 1. The molecule has 1 aliphatic rings. The highest BCUT2D eigenvalue weighted by molar-refractivity contribution is 9.09. The monoisotopic (exact) mass is 286 g/mol. The molecule has 2 rings (SSSR count). The Balaban J connectivity index is 2.22. The van der Waals surface area contributed by atoms with Crippen LogP contribution in [-0.4, -0.2) is 26.3 Å². The summed E-state index contributed by atoms with van der Waals surface area (Å²) in [5.74, 6) is -0.358. The van der Waals surface area contributed by atoms with Crippen LogP contribution in [0.1, 0.15) is 15.9 Å². The van der Waals surface area contributed by atoms with Gasteiger partial charge in [-0.1, -0.05) is 12.1 Å². The minimum atomic E-state index is -0.873. The summed E-state index contributed by atoms with van der Waals surface area (Å²) in [6.07, 6.45) is 0. The van der Waals surface area contributed by atoms with Crippen LogP contribution in [0.5, 0.6) is 0 Å². The van der Waals surface area contributed by atoms with Crippen molar-refractivity contribution in [3.8, 4) is 0 Å². The smallest absolute Gasteiger partial charge is 0.337 e. The number of ether oxygens (including phenoxy) is 3. The standard InChI is InChI=1S/C11H11BrO4/c1-14-10(13)8-2-4-9(5-3-8)11(12)15-6-7-16-11/h2-5H,6-7H2,1H3. The first-order valence-corrected chi connectivity index (χ1v) is 5.61. The fraction of sp³-hybridized carbons (Fsp3) is 0.364. The molecule has 1 heterocycles. The lowest BCUT2D eigenvalue weighted by atomic mass is 10.1. The molecule has 1 saturated heterocycles. The van der Waals surface area contributed by atoms with E-state index in [-0.39, 0.29) is 5.97 Å². The van der Waals surface area contributed by atoms with Crippen molar-refractivity contribution in [1.29, 1.82) is 0 Å². The summed E-state index contributed by atoms with van der Waals surface area (Å²) in [6.45, 7) is 1.09. The van der Waals surface area contributed by atoms with Crippen molar-refractivity contribution in [2.45, 2.75) is 4.70 Å². The highest BCUT2D eigenvalue weighted by Crippen LogP contribution is 2.37. The van der Waals surface area contributed by atoms with E-state index in [2.05, 4.69) is 20.7 Å². The van der Waals surface area contributed by atoms with Gasteiger partial charge < -0.3 is 14.2 Å². The predicted octanol–water partition coefficient (Wildman–Crippen LogP) is 2.03. The fourth-order valence-corrected chi connectivity index (χ4v) is 2.07. The molecular formula is C11H11BrO4. The Bertz CT molecular complexity index is 381. The summed E-state index contributed by atoms with van der Waals surface area (Å²) in [5.41, 5.74) is 1.32. The van der Waals surface area contributed by atoms with Gasteiger partial charge in [0.25, 0.3) is 4.70 Å². The van der Waals surface area contributed by atoms with Crippen molar-refractivity contribution in [2.75, 3.05) is 20.3 Å². The quantitative estimate of drug-likeness (QED) is 0.616. The molecule has 0 saturated carbocycles. The summed E-state index contributed by atoms with van der Waals surface area (Å²) in [5, 5.41) is 0. The minimum Gasteiger partial charge on any atom is -0.465 e. The maximum Gasteiger partial charge on any atom is 0.337 e. The Kier molecular flexibility index (Phi) is 3.28. The average Bonchev–Trinajstić information content (AvgIpc) is 2.77. The SMILES string of the molecule is COC(=O)c1ccc(C2(Br)OCCO2)cc1. The zero-order valence-corrected chi connectivity index (χ0v) is 10.3. The van der Waals surface area contributed by atoms with Crippen LogP contribution < -0.4 is 0 Å². The van der Waals surface area contributed by atoms with Gasteiger partial charge in [0, 0.05) is 5.56 Å². The number of halogens is 1. The maximum absolute atomic E-state index is 11.2. The predicted molar refractivity (Wildman–Crippen MR) is 60.3 cm³/mol. The molecule has 1 aliphatic heterocycles. The number of hydrogen-bond donors (Lipinski definition) is 0. The van der Waals surface area contributed by atoms with Crippen LogP contribution in [0.4, 0.5) is 0 Å². The van der Waals surface area contributed by atoms with Crippen molar-refractivity contribution in [3.63, 3.8) is 0 Å². The molecule has 5 heteroatoms. The summed E-state index contributed by atoms with van der Waals surface area (Å²) >= 11 is 3.37. The van der Waals surface area contributed by atoms with Crippen LogP contribution >= 0.6 is 15.9 Å². The molecule has 1 fully saturated rings. The van der Waals surface area contributed by atoms with E-state index < -0.39 is 4.70 Å². The van der Waals surface area contributed by atoms with Gasteiger partial charge in [0.15, 0.2) is 0 Å². The first kappa shape index (κ1) is 11.6. The van der Waals surface area contributed by atoms with Crippen LogP contribution in [-0.2, 0) is 18.9 Å². The van der Waals surface area contributed by atoms with E-state index in [1.165, 1.54) is 7.11 Å². The molecule has 1 aromatic rings. The van der Waals surface area contributed by atoms with Gasteiger partial charge in [-0.25, -0.2) is 4.79 Å². The Hall–Kier alpha value is -0.910. The topological polar surface area (TPSA) is 44.8 Å². The summed E-state index contributed by atoms with van der Waals surface area (Å²) in [6, 6.07) is 6.89. The van der Waals surface area contributed by atoms with Gasteiger partial charge in [0.05, 0.1) is 25.9 Å². The zero-order valence-electron chi connectivity index (χ0n) is 8.73. The second-order valence-electron chi connectivity index (χ2n) is 3.30. The molecule has 0 aliphatic carbocycles. The number of esters is 1. The molecule has 0 unspecified atom stereocenters. The second-order valence-corrected chi connectivity index (χ2v) is 4.35. The molecule has 0 amide bonds. The summed E-state index contributed by atoms with van der Waals surface area (Å²) < 4.78 is 14.6. The van der Waals surface area contributed by atoms with Gasteiger partial charge in [-0.3, -0.25) is 0 Å². The minimum absolute atomic E-state index is 0.358. The Morgan fingerprint density at radius 3 is 2.38 bits per heavy atom. The van der Waals surface area contributed by atoms with E-state index in [9.17, 15) is 4.79 Å². The average molecular weight is 287 g/mol. The second kappa shape index (κ2) is 4.53. The normalized spacial score (nSPS) is 18.4. The van der Waals surface area contributed by atoms with E-state index in [1.54, 1.807) is 24.3 Å². The summed E-state index contributed by atoms with van der Waals surface area (Å²) in [4.78, 5) is 11.2. The Morgan fingerprint density at radius 2 is 1.88 bits per heavy atom. The van der Waals surface area contributed by atoms with Crippen LogP contribution in [0, 0.1) is 0 Å². The molecule has 0 radical (unpaired) electrons. The van der Waals surface area contributed by atoms with Gasteiger partial charge >= 0.3 is 5.97 Å². The van der Waals surface area contributed by atoms with Gasteiger partial charge in [0.1, 0.15) is 0 Å². The zero-order chi connectivity index (χ0) is 11.6. The lowest BCUT2D eigenvalue weighted by molar-refractivity contribution is -0.0743. The number of hydrogen-bond acceptors (Lipinski definition) is 4. The molecular weight excluding hydrogens is 276 g/mol. The number of alkyl halides is 1. The molecule has 16 heavy (non-hydrogen) atoms. The maximum atomic E-state index is 11.2. The van der Waals surface area contributed by atoms with E-state index >= 15 is 0 Å². The third kappa shape index (κ3) is 2.11. The molecule has 0 N–H and O–H groups in total. The van der Waals surface area contributed by atoms with E-state index in [1.807, 2.05) is 0 Å². The number of rotatable bonds is 2. The van der Waals surface area contributed by atoms with Crippen LogP contribution in [0.15, 0.2) is 24.3 Å². The van der Waals surface area contributed by atoms with Crippen molar-refractivity contribution >= 4 is 21.9 Å². The highest BCUT2D eigenvalue weighted by Gasteiger charge is 2.35. The molecule has 86 valence electrons. The Morgan fingerprint density at radius 1 is 1.31 bits per heavy atom.